The first-order valence-corrected chi connectivity index (χ1v) is 8.34. The molecule has 3 aromatic rings. The molecule has 1 aliphatic heterocycles. The molecule has 4 heterocycles. The van der Waals surface area contributed by atoms with Crippen LogP contribution in [0.2, 0.25) is 5.28 Å². The number of morpholine rings is 1. The zero-order valence-corrected chi connectivity index (χ0v) is 14.1. The summed E-state index contributed by atoms with van der Waals surface area (Å²) in [6.45, 7) is 2.73. The molecule has 1 atom stereocenters. The summed E-state index contributed by atoms with van der Waals surface area (Å²) in [6.07, 6.45) is 4.10. The van der Waals surface area contributed by atoms with Crippen molar-refractivity contribution in [1.29, 1.82) is 0 Å². The fourth-order valence-electron chi connectivity index (χ4n) is 2.87. The normalized spacial score (nSPS) is 16.2. The van der Waals surface area contributed by atoms with Gasteiger partial charge in [-0.25, -0.2) is 4.98 Å². The Balaban J connectivity index is 1.76. The van der Waals surface area contributed by atoms with E-state index in [-0.39, 0.29) is 5.28 Å². The first-order chi connectivity index (χ1) is 12.2. The molecule has 1 unspecified atom stereocenters. The predicted octanol–water partition coefficient (Wildman–Crippen LogP) is 1.99. The fraction of sp³-hybridized carbons (Fsp3) is 0.294. The van der Waals surface area contributed by atoms with Crippen LogP contribution in [0.3, 0.4) is 0 Å². The summed E-state index contributed by atoms with van der Waals surface area (Å²) >= 11 is 6.11. The van der Waals surface area contributed by atoms with Crippen molar-refractivity contribution in [3.05, 3.63) is 53.2 Å². The average Bonchev–Trinajstić information content (AvgIpc) is 2.67. The molecule has 1 saturated heterocycles. The molecule has 0 spiro atoms. The molecule has 25 heavy (non-hydrogen) atoms. The highest BCUT2D eigenvalue weighted by Gasteiger charge is 2.19. The minimum absolute atomic E-state index is 0.156. The highest BCUT2D eigenvalue weighted by atomic mass is 35.5. The van der Waals surface area contributed by atoms with Gasteiger partial charge in [-0.2, -0.15) is 4.98 Å². The Kier molecular flexibility index (Phi) is 4.44. The lowest BCUT2D eigenvalue weighted by Crippen LogP contribution is -2.37. The van der Waals surface area contributed by atoms with Gasteiger partial charge in [-0.05, 0) is 23.7 Å². The average molecular weight is 358 g/mol. The second kappa shape index (κ2) is 6.87. The van der Waals surface area contributed by atoms with Gasteiger partial charge in [0, 0.05) is 42.8 Å². The molecule has 0 aliphatic carbocycles. The van der Waals surface area contributed by atoms with Gasteiger partial charge in [0.1, 0.15) is 11.6 Å². The smallest absolute Gasteiger partial charge is 0.225 e. The molecule has 128 valence electrons. The maximum Gasteiger partial charge on any atom is 0.225 e. The standard InChI is InChI=1S/C17H16ClN5O2/c18-17-21-13-8-12(15(24)11-2-1-3-19-9-11)10-20-14(13)16(22-17)23-4-6-25-7-5-23/h1-3,8-10,15,24H,4-7H2. The summed E-state index contributed by atoms with van der Waals surface area (Å²) in [5, 5.41) is 10.7. The maximum absolute atomic E-state index is 10.6. The van der Waals surface area contributed by atoms with Crippen LogP contribution in [-0.4, -0.2) is 51.3 Å². The van der Waals surface area contributed by atoms with Crippen LogP contribution in [0.5, 0.6) is 0 Å². The summed E-state index contributed by atoms with van der Waals surface area (Å²) in [4.78, 5) is 19.2. The van der Waals surface area contributed by atoms with Gasteiger partial charge >= 0.3 is 0 Å². The molecule has 0 aromatic carbocycles. The van der Waals surface area contributed by atoms with Gasteiger partial charge in [-0.15, -0.1) is 0 Å². The number of aliphatic hydroxyl groups excluding tert-OH is 1. The summed E-state index contributed by atoms with van der Waals surface area (Å²) in [5.41, 5.74) is 2.58. The molecule has 1 aliphatic rings. The second-order valence-electron chi connectivity index (χ2n) is 5.74. The van der Waals surface area contributed by atoms with Crippen LogP contribution >= 0.6 is 11.6 Å². The summed E-state index contributed by atoms with van der Waals surface area (Å²) in [5.74, 6) is 0.695. The van der Waals surface area contributed by atoms with E-state index in [0.717, 1.165) is 13.1 Å². The van der Waals surface area contributed by atoms with Gasteiger partial charge in [0.05, 0.1) is 18.7 Å². The first-order valence-electron chi connectivity index (χ1n) is 7.96. The maximum atomic E-state index is 10.6. The van der Waals surface area contributed by atoms with Crippen molar-refractivity contribution in [3.8, 4) is 0 Å². The molecule has 8 heteroatoms. The number of nitrogens with zero attached hydrogens (tertiary/aromatic N) is 5. The molecule has 0 saturated carbocycles. The quantitative estimate of drug-likeness (QED) is 0.717. The number of anilines is 1. The monoisotopic (exact) mass is 357 g/mol. The number of aromatic nitrogens is 4. The van der Waals surface area contributed by atoms with E-state index in [9.17, 15) is 5.11 Å². The van der Waals surface area contributed by atoms with Crippen LogP contribution in [-0.2, 0) is 4.74 Å². The van der Waals surface area contributed by atoms with E-state index < -0.39 is 6.10 Å². The number of pyridine rings is 2. The van der Waals surface area contributed by atoms with Crippen LogP contribution in [0.25, 0.3) is 11.0 Å². The highest BCUT2D eigenvalue weighted by molar-refractivity contribution is 6.28. The van der Waals surface area contributed by atoms with Crippen molar-refractivity contribution in [1.82, 2.24) is 19.9 Å². The SMILES string of the molecule is OC(c1cccnc1)c1cnc2c(N3CCOCC3)nc(Cl)nc2c1. The van der Waals surface area contributed by atoms with Gasteiger partial charge in [0.25, 0.3) is 0 Å². The molecule has 0 radical (unpaired) electrons. The molecular formula is C17H16ClN5O2. The Morgan fingerprint density at radius 1 is 1.16 bits per heavy atom. The number of rotatable bonds is 3. The van der Waals surface area contributed by atoms with E-state index >= 15 is 0 Å². The van der Waals surface area contributed by atoms with Crippen LogP contribution < -0.4 is 4.90 Å². The Labute approximate surface area is 149 Å². The van der Waals surface area contributed by atoms with Crippen molar-refractivity contribution in [2.24, 2.45) is 0 Å². The number of halogens is 1. The van der Waals surface area contributed by atoms with Crippen LogP contribution in [0.1, 0.15) is 17.2 Å². The molecule has 0 bridgehead atoms. The van der Waals surface area contributed by atoms with Crippen molar-refractivity contribution in [2.75, 3.05) is 31.2 Å². The minimum Gasteiger partial charge on any atom is -0.384 e. The Bertz CT molecular complexity index is 887. The first kappa shape index (κ1) is 16.1. The molecule has 4 rings (SSSR count). The lowest BCUT2D eigenvalue weighted by molar-refractivity contribution is 0.122. The van der Waals surface area contributed by atoms with Gasteiger partial charge in [0.2, 0.25) is 5.28 Å². The van der Waals surface area contributed by atoms with Gasteiger partial charge in [-0.3, -0.25) is 9.97 Å². The van der Waals surface area contributed by atoms with Crippen LogP contribution in [0.15, 0.2) is 36.8 Å². The van der Waals surface area contributed by atoms with Gasteiger partial charge in [0.15, 0.2) is 5.82 Å². The van der Waals surface area contributed by atoms with E-state index in [4.69, 9.17) is 16.3 Å². The summed E-state index contributed by atoms with van der Waals surface area (Å²) < 4.78 is 5.39. The Morgan fingerprint density at radius 3 is 2.76 bits per heavy atom. The van der Waals surface area contributed by atoms with Crippen molar-refractivity contribution < 1.29 is 9.84 Å². The van der Waals surface area contributed by atoms with Gasteiger partial charge < -0.3 is 14.7 Å². The van der Waals surface area contributed by atoms with Crippen molar-refractivity contribution in [3.63, 3.8) is 0 Å². The van der Waals surface area contributed by atoms with E-state index in [1.807, 2.05) is 6.07 Å². The Morgan fingerprint density at radius 2 is 2.00 bits per heavy atom. The Hall–Kier alpha value is -2.35. The molecule has 3 aromatic heterocycles. The van der Waals surface area contributed by atoms with E-state index in [1.54, 1.807) is 30.7 Å². The van der Waals surface area contributed by atoms with Crippen molar-refractivity contribution in [2.45, 2.75) is 6.10 Å². The zero-order valence-electron chi connectivity index (χ0n) is 13.3. The summed E-state index contributed by atoms with van der Waals surface area (Å²) in [7, 11) is 0. The van der Waals surface area contributed by atoms with E-state index in [1.165, 1.54) is 0 Å². The lowest BCUT2D eigenvalue weighted by atomic mass is 10.0. The third kappa shape index (κ3) is 3.26. The third-order valence-corrected chi connectivity index (χ3v) is 4.31. The number of hydrogen-bond acceptors (Lipinski definition) is 7. The zero-order chi connectivity index (χ0) is 17.2. The highest BCUT2D eigenvalue weighted by Crippen LogP contribution is 2.28. The number of fused-ring (bicyclic) bond motifs is 1. The second-order valence-corrected chi connectivity index (χ2v) is 6.08. The predicted molar refractivity (Wildman–Crippen MR) is 93.7 cm³/mol. The lowest BCUT2D eigenvalue weighted by Gasteiger charge is -2.28. The van der Waals surface area contributed by atoms with Crippen LogP contribution in [0.4, 0.5) is 5.82 Å². The van der Waals surface area contributed by atoms with E-state index in [0.29, 0.717) is 41.2 Å². The number of hydrogen-bond donors (Lipinski definition) is 1. The molecule has 1 fully saturated rings. The molecular weight excluding hydrogens is 342 g/mol. The largest absolute Gasteiger partial charge is 0.384 e. The molecule has 7 nitrogen and oxygen atoms in total. The third-order valence-electron chi connectivity index (χ3n) is 4.14. The summed E-state index contributed by atoms with van der Waals surface area (Å²) in [6, 6.07) is 5.38. The number of aliphatic hydroxyl groups is 1. The molecule has 1 N–H and O–H groups in total. The topological polar surface area (TPSA) is 84.3 Å². The fourth-order valence-corrected chi connectivity index (χ4v) is 3.04. The van der Waals surface area contributed by atoms with Crippen molar-refractivity contribution >= 4 is 28.5 Å². The van der Waals surface area contributed by atoms with Gasteiger partial charge in [-0.1, -0.05) is 6.07 Å². The van der Waals surface area contributed by atoms with Crippen LogP contribution in [0, 0.1) is 0 Å². The number of ether oxygens (including phenoxy) is 1. The minimum atomic E-state index is -0.828. The molecule has 0 amide bonds. The van der Waals surface area contributed by atoms with E-state index in [2.05, 4.69) is 24.8 Å².